The molecule has 0 saturated heterocycles. The van der Waals surface area contributed by atoms with Crippen molar-refractivity contribution in [1.29, 1.82) is 0 Å². The summed E-state index contributed by atoms with van der Waals surface area (Å²) in [7, 11) is 0. The number of nitrogens with zero attached hydrogens (tertiary/aromatic N) is 1. The lowest BCUT2D eigenvalue weighted by Crippen LogP contribution is -1.89. The fourth-order valence-corrected chi connectivity index (χ4v) is 1.67. The zero-order valence-electron chi connectivity index (χ0n) is 8.75. The molecule has 0 aliphatic carbocycles. The van der Waals surface area contributed by atoms with Crippen LogP contribution in [0.3, 0.4) is 0 Å². The maximum absolute atomic E-state index is 4.38. The molecule has 0 atom stereocenters. The highest BCUT2D eigenvalue weighted by Crippen LogP contribution is 2.17. The van der Waals surface area contributed by atoms with Crippen LogP contribution in [0, 0.1) is 6.92 Å². The topological polar surface area (TPSA) is 12.4 Å². The molecule has 1 aromatic carbocycles. The van der Waals surface area contributed by atoms with Gasteiger partial charge in [0.25, 0.3) is 0 Å². The second-order valence-corrected chi connectivity index (χ2v) is 3.80. The first kappa shape index (κ1) is 9.20. The predicted molar refractivity (Wildman–Crippen MR) is 61.7 cm³/mol. The van der Waals surface area contributed by atoms with Crippen molar-refractivity contribution in [2.45, 2.75) is 20.3 Å². The van der Waals surface area contributed by atoms with E-state index in [9.17, 15) is 0 Å². The van der Waals surface area contributed by atoms with Gasteiger partial charge in [0.15, 0.2) is 0 Å². The highest BCUT2D eigenvalue weighted by Gasteiger charge is 2.07. The highest BCUT2D eigenvalue weighted by molar-refractivity contribution is 6.03. The Hall–Kier alpha value is -1.37. The molecule has 0 fully saturated rings. The van der Waals surface area contributed by atoms with Crippen LogP contribution in [0.25, 0.3) is 6.08 Å². The minimum atomic E-state index is 0.962. The average molecular weight is 185 g/mol. The summed E-state index contributed by atoms with van der Waals surface area (Å²) in [6, 6.07) is 8.61. The molecule has 1 aliphatic rings. The molecule has 0 N–H and O–H groups in total. The minimum Gasteiger partial charge on any atom is -0.289 e. The normalized spacial score (nSPS) is 18.7. The molecule has 0 aromatic heterocycles. The van der Waals surface area contributed by atoms with E-state index in [0.717, 1.165) is 13.0 Å². The molecule has 14 heavy (non-hydrogen) atoms. The van der Waals surface area contributed by atoms with Gasteiger partial charge in [0, 0.05) is 12.3 Å². The summed E-state index contributed by atoms with van der Waals surface area (Å²) in [4.78, 5) is 4.38. The Kier molecular flexibility index (Phi) is 2.49. The van der Waals surface area contributed by atoms with Crippen LogP contribution >= 0.6 is 0 Å². The minimum absolute atomic E-state index is 0.962. The van der Waals surface area contributed by atoms with E-state index in [0.29, 0.717) is 0 Å². The van der Waals surface area contributed by atoms with E-state index >= 15 is 0 Å². The molecule has 0 unspecified atom stereocenters. The Balaban J connectivity index is 2.25. The van der Waals surface area contributed by atoms with Gasteiger partial charge in [-0.1, -0.05) is 29.8 Å². The second kappa shape index (κ2) is 3.79. The van der Waals surface area contributed by atoms with Crippen molar-refractivity contribution in [3.8, 4) is 0 Å². The van der Waals surface area contributed by atoms with Crippen LogP contribution in [0.5, 0.6) is 0 Å². The summed E-state index contributed by atoms with van der Waals surface area (Å²) in [6.07, 6.45) is 3.34. The van der Waals surface area contributed by atoms with Crippen molar-refractivity contribution >= 4 is 11.8 Å². The number of hydrogen-bond donors (Lipinski definition) is 0. The first-order valence-electron chi connectivity index (χ1n) is 5.04. The van der Waals surface area contributed by atoms with Gasteiger partial charge in [0.2, 0.25) is 0 Å². The van der Waals surface area contributed by atoms with E-state index in [1.807, 2.05) is 0 Å². The van der Waals surface area contributed by atoms with Crippen LogP contribution in [0.4, 0.5) is 0 Å². The largest absolute Gasteiger partial charge is 0.289 e. The fourth-order valence-electron chi connectivity index (χ4n) is 1.67. The molecule has 2 rings (SSSR count). The van der Waals surface area contributed by atoms with E-state index in [2.05, 4.69) is 49.2 Å². The molecule has 1 aliphatic heterocycles. The van der Waals surface area contributed by atoms with Crippen molar-refractivity contribution in [3.63, 3.8) is 0 Å². The molecule has 72 valence electrons. The van der Waals surface area contributed by atoms with E-state index in [1.165, 1.54) is 22.4 Å². The summed E-state index contributed by atoms with van der Waals surface area (Å²) >= 11 is 0. The van der Waals surface area contributed by atoms with Gasteiger partial charge in [-0.05, 0) is 37.5 Å². The maximum atomic E-state index is 4.38. The number of hydrogen-bond acceptors (Lipinski definition) is 1. The van der Waals surface area contributed by atoms with Crippen LogP contribution in [0.2, 0.25) is 0 Å². The first-order chi connectivity index (χ1) is 6.75. The Morgan fingerprint density at radius 2 is 1.86 bits per heavy atom. The van der Waals surface area contributed by atoms with Crippen LogP contribution in [-0.4, -0.2) is 12.3 Å². The van der Waals surface area contributed by atoms with Crippen LogP contribution < -0.4 is 0 Å². The van der Waals surface area contributed by atoms with Gasteiger partial charge in [-0.2, -0.15) is 0 Å². The van der Waals surface area contributed by atoms with Gasteiger partial charge >= 0.3 is 0 Å². The predicted octanol–water partition coefficient (Wildman–Crippen LogP) is 3.24. The van der Waals surface area contributed by atoms with E-state index in [1.54, 1.807) is 0 Å². The molecule has 0 bridgehead atoms. The molecule has 0 spiro atoms. The Bertz CT molecular complexity index is 382. The Labute approximate surface area is 85.2 Å². The number of rotatable bonds is 1. The molecule has 0 saturated carbocycles. The van der Waals surface area contributed by atoms with Crippen molar-refractivity contribution in [3.05, 3.63) is 41.0 Å². The van der Waals surface area contributed by atoms with Gasteiger partial charge in [0.1, 0.15) is 0 Å². The summed E-state index contributed by atoms with van der Waals surface area (Å²) in [5.41, 5.74) is 5.17. The lowest BCUT2D eigenvalue weighted by atomic mass is 10.1. The van der Waals surface area contributed by atoms with Crippen LogP contribution in [0.15, 0.2) is 34.8 Å². The second-order valence-electron chi connectivity index (χ2n) is 3.80. The molecule has 1 heterocycles. The molecule has 1 aromatic rings. The highest BCUT2D eigenvalue weighted by atomic mass is 14.8. The van der Waals surface area contributed by atoms with Gasteiger partial charge in [0.05, 0.1) is 0 Å². The van der Waals surface area contributed by atoms with E-state index in [-0.39, 0.29) is 0 Å². The average Bonchev–Trinajstić information content (AvgIpc) is 2.56. The molecule has 1 heteroatoms. The SMILES string of the molecule is CC1=NCC/C1=C\c1ccc(C)cc1. The summed E-state index contributed by atoms with van der Waals surface area (Å²) < 4.78 is 0. The summed E-state index contributed by atoms with van der Waals surface area (Å²) in [6.45, 7) is 5.16. The molecule has 0 amide bonds. The third-order valence-corrected chi connectivity index (χ3v) is 2.61. The quantitative estimate of drug-likeness (QED) is 0.637. The number of aliphatic imine (C=N–C) groups is 1. The third-order valence-electron chi connectivity index (χ3n) is 2.61. The first-order valence-corrected chi connectivity index (χ1v) is 5.04. The monoisotopic (exact) mass is 185 g/mol. The van der Waals surface area contributed by atoms with Crippen LogP contribution in [0.1, 0.15) is 24.5 Å². The zero-order valence-corrected chi connectivity index (χ0v) is 8.75. The fraction of sp³-hybridized carbons (Fsp3) is 0.308. The van der Waals surface area contributed by atoms with Gasteiger partial charge in [-0.25, -0.2) is 0 Å². The van der Waals surface area contributed by atoms with Gasteiger partial charge < -0.3 is 0 Å². The zero-order chi connectivity index (χ0) is 9.97. The Morgan fingerprint density at radius 1 is 1.14 bits per heavy atom. The maximum Gasteiger partial charge on any atom is 0.0433 e. The van der Waals surface area contributed by atoms with Crippen LogP contribution in [-0.2, 0) is 0 Å². The molecular formula is C13H15N. The number of benzene rings is 1. The summed E-state index contributed by atoms with van der Waals surface area (Å²) in [5.74, 6) is 0. The third kappa shape index (κ3) is 1.92. The lowest BCUT2D eigenvalue weighted by molar-refractivity contribution is 1.05. The Morgan fingerprint density at radius 3 is 2.43 bits per heavy atom. The molecule has 0 radical (unpaired) electrons. The summed E-state index contributed by atoms with van der Waals surface area (Å²) in [5, 5.41) is 0. The molecule has 1 nitrogen and oxygen atoms in total. The van der Waals surface area contributed by atoms with Crippen molar-refractivity contribution in [2.75, 3.05) is 6.54 Å². The smallest absolute Gasteiger partial charge is 0.0433 e. The molecular weight excluding hydrogens is 170 g/mol. The lowest BCUT2D eigenvalue weighted by Gasteiger charge is -1.99. The van der Waals surface area contributed by atoms with Crippen molar-refractivity contribution in [1.82, 2.24) is 0 Å². The van der Waals surface area contributed by atoms with E-state index in [4.69, 9.17) is 0 Å². The van der Waals surface area contributed by atoms with Crippen molar-refractivity contribution < 1.29 is 0 Å². The van der Waals surface area contributed by atoms with Crippen molar-refractivity contribution in [2.24, 2.45) is 4.99 Å². The number of aryl methyl sites for hydroxylation is 1. The van der Waals surface area contributed by atoms with Gasteiger partial charge in [-0.15, -0.1) is 0 Å². The van der Waals surface area contributed by atoms with Gasteiger partial charge in [-0.3, -0.25) is 4.99 Å². The van der Waals surface area contributed by atoms with E-state index < -0.39 is 0 Å². The standard InChI is InChI=1S/C13H15N/c1-10-3-5-12(6-4-10)9-13-7-8-14-11(13)2/h3-6,9H,7-8H2,1-2H3/b13-9+.